The fourth-order valence-electron chi connectivity index (χ4n) is 2.86. The summed E-state index contributed by atoms with van der Waals surface area (Å²) < 4.78 is 5.96. The van der Waals surface area contributed by atoms with Crippen molar-refractivity contribution in [3.63, 3.8) is 0 Å². The van der Waals surface area contributed by atoms with Gasteiger partial charge in [0.15, 0.2) is 5.88 Å². The number of aromatic amines is 1. The zero-order chi connectivity index (χ0) is 13.9. The maximum atomic E-state index is 12.0. The lowest BCUT2D eigenvalue weighted by molar-refractivity contribution is 0.156. The van der Waals surface area contributed by atoms with Crippen molar-refractivity contribution < 1.29 is 4.74 Å². The first kappa shape index (κ1) is 13.2. The number of pyridine rings is 1. The number of rotatable bonds is 2. The van der Waals surface area contributed by atoms with E-state index in [0.29, 0.717) is 11.3 Å². The average Bonchev–Trinajstić information content (AvgIpc) is 2.64. The van der Waals surface area contributed by atoms with Crippen LogP contribution in [0.1, 0.15) is 32.1 Å². The van der Waals surface area contributed by atoms with Gasteiger partial charge in [0.1, 0.15) is 6.10 Å². The number of H-pyrrole nitrogens is 1. The molecule has 1 aliphatic rings. The Morgan fingerprint density at radius 2 is 1.95 bits per heavy atom. The third-order valence-corrected chi connectivity index (χ3v) is 4.01. The van der Waals surface area contributed by atoms with Crippen molar-refractivity contribution in [2.24, 2.45) is 5.73 Å². The lowest BCUT2D eigenvalue weighted by Gasteiger charge is -2.22. The van der Waals surface area contributed by atoms with Gasteiger partial charge >= 0.3 is 0 Å². The second-order valence-corrected chi connectivity index (χ2v) is 5.51. The van der Waals surface area contributed by atoms with E-state index in [1.807, 2.05) is 30.3 Å². The highest BCUT2D eigenvalue weighted by Gasteiger charge is 2.22. The summed E-state index contributed by atoms with van der Waals surface area (Å²) in [5.41, 5.74) is 6.05. The summed E-state index contributed by atoms with van der Waals surface area (Å²) in [5, 5.41) is 1.58. The Morgan fingerprint density at radius 3 is 2.85 bits per heavy atom. The van der Waals surface area contributed by atoms with Crippen LogP contribution in [-0.4, -0.2) is 17.1 Å². The molecule has 4 heteroatoms. The molecule has 2 unspecified atom stereocenters. The second-order valence-electron chi connectivity index (χ2n) is 5.51. The quantitative estimate of drug-likeness (QED) is 0.826. The minimum absolute atomic E-state index is 0.00527. The number of fused-ring (bicyclic) bond motifs is 1. The van der Waals surface area contributed by atoms with Crippen molar-refractivity contribution >= 4 is 10.8 Å². The van der Waals surface area contributed by atoms with E-state index in [-0.39, 0.29) is 17.7 Å². The number of ether oxygens (including phenoxy) is 1. The van der Waals surface area contributed by atoms with Crippen LogP contribution in [0.3, 0.4) is 0 Å². The van der Waals surface area contributed by atoms with Crippen molar-refractivity contribution in [1.29, 1.82) is 0 Å². The van der Waals surface area contributed by atoms with Gasteiger partial charge in [-0.05, 0) is 30.7 Å². The number of hydrogen-bond donors (Lipinski definition) is 2. The van der Waals surface area contributed by atoms with Crippen LogP contribution in [0, 0.1) is 0 Å². The molecule has 4 nitrogen and oxygen atoms in total. The van der Waals surface area contributed by atoms with Crippen molar-refractivity contribution in [2.45, 2.75) is 44.2 Å². The minimum atomic E-state index is -0.111. The fourth-order valence-corrected chi connectivity index (χ4v) is 2.86. The summed E-state index contributed by atoms with van der Waals surface area (Å²) in [6, 6.07) is 9.45. The minimum Gasteiger partial charge on any atom is -0.474 e. The highest BCUT2D eigenvalue weighted by molar-refractivity contribution is 5.82. The van der Waals surface area contributed by atoms with E-state index in [1.165, 1.54) is 6.42 Å². The lowest BCUT2D eigenvalue weighted by atomic mass is 10.1. The van der Waals surface area contributed by atoms with Crippen molar-refractivity contribution in [2.75, 3.05) is 0 Å². The first-order valence-corrected chi connectivity index (χ1v) is 7.28. The molecule has 1 heterocycles. The monoisotopic (exact) mass is 272 g/mol. The molecule has 0 bridgehead atoms. The fraction of sp³-hybridized carbons (Fsp3) is 0.438. The standard InChI is InChI=1S/C16H20N2O2/c17-13-8-2-1-3-9-14(13)20-15-10-11-6-4-5-7-12(11)16(19)18-15/h4-7,10,13-14H,1-3,8-9,17H2,(H,18,19). The van der Waals surface area contributed by atoms with E-state index in [0.717, 1.165) is 31.1 Å². The molecule has 20 heavy (non-hydrogen) atoms. The van der Waals surface area contributed by atoms with Crippen LogP contribution in [0.4, 0.5) is 0 Å². The van der Waals surface area contributed by atoms with E-state index in [2.05, 4.69) is 4.98 Å². The summed E-state index contributed by atoms with van der Waals surface area (Å²) in [5.74, 6) is 0.524. The summed E-state index contributed by atoms with van der Waals surface area (Å²) in [6.45, 7) is 0. The number of hydrogen-bond acceptors (Lipinski definition) is 3. The SMILES string of the molecule is NC1CCCCCC1Oc1cc2ccccc2c(=O)[nH]1. The molecule has 1 saturated carbocycles. The zero-order valence-electron chi connectivity index (χ0n) is 11.5. The maximum Gasteiger partial charge on any atom is 0.258 e. The Morgan fingerprint density at radius 1 is 1.15 bits per heavy atom. The molecular formula is C16H20N2O2. The van der Waals surface area contributed by atoms with E-state index >= 15 is 0 Å². The predicted octanol–water partition coefficient (Wildman–Crippen LogP) is 2.57. The maximum absolute atomic E-state index is 12.0. The largest absolute Gasteiger partial charge is 0.474 e. The predicted molar refractivity (Wildman–Crippen MR) is 80.0 cm³/mol. The molecule has 106 valence electrons. The highest BCUT2D eigenvalue weighted by atomic mass is 16.5. The first-order valence-electron chi connectivity index (χ1n) is 7.28. The summed E-state index contributed by atoms with van der Waals surface area (Å²) in [7, 11) is 0. The van der Waals surface area contributed by atoms with Gasteiger partial charge in [0, 0.05) is 17.5 Å². The summed E-state index contributed by atoms with van der Waals surface area (Å²) >= 11 is 0. The van der Waals surface area contributed by atoms with E-state index < -0.39 is 0 Å². The van der Waals surface area contributed by atoms with Crippen molar-refractivity contribution in [3.05, 3.63) is 40.7 Å². The highest BCUT2D eigenvalue weighted by Crippen LogP contribution is 2.22. The van der Waals surface area contributed by atoms with Gasteiger partial charge < -0.3 is 10.5 Å². The Bertz CT molecular complexity index is 650. The van der Waals surface area contributed by atoms with Gasteiger partial charge in [-0.1, -0.05) is 31.0 Å². The van der Waals surface area contributed by atoms with Crippen LogP contribution < -0.4 is 16.0 Å². The number of benzene rings is 1. The molecule has 1 aromatic carbocycles. The van der Waals surface area contributed by atoms with Gasteiger partial charge in [0.2, 0.25) is 0 Å². The van der Waals surface area contributed by atoms with Gasteiger partial charge in [0.25, 0.3) is 5.56 Å². The molecule has 1 aliphatic carbocycles. The van der Waals surface area contributed by atoms with Crippen LogP contribution in [0.25, 0.3) is 10.8 Å². The lowest BCUT2D eigenvalue weighted by Crippen LogP contribution is -2.38. The molecule has 3 rings (SSSR count). The Hall–Kier alpha value is -1.81. The van der Waals surface area contributed by atoms with Gasteiger partial charge in [0.05, 0.1) is 0 Å². The van der Waals surface area contributed by atoms with Crippen LogP contribution >= 0.6 is 0 Å². The Labute approximate surface area is 117 Å². The van der Waals surface area contributed by atoms with Crippen LogP contribution in [0.5, 0.6) is 5.88 Å². The molecule has 0 aliphatic heterocycles. The van der Waals surface area contributed by atoms with E-state index in [1.54, 1.807) is 0 Å². The van der Waals surface area contributed by atoms with Gasteiger partial charge in [-0.15, -0.1) is 0 Å². The van der Waals surface area contributed by atoms with Crippen LogP contribution in [-0.2, 0) is 0 Å². The average molecular weight is 272 g/mol. The third kappa shape index (κ3) is 2.70. The molecule has 0 saturated heterocycles. The smallest absolute Gasteiger partial charge is 0.258 e. The number of nitrogens with two attached hydrogens (primary N) is 1. The molecule has 2 atom stereocenters. The molecule has 1 fully saturated rings. The molecular weight excluding hydrogens is 252 g/mol. The van der Waals surface area contributed by atoms with Crippen LogP contribution in [0.2, 0.25) is 0 Å². The normalized spacial score (nSPS) is 23.4. The topological polar surface area (TPSA) is 68.1 Å². The van der Waals surface area contributed by atoms with Crippen molar-refractivity contribution in [1.82, 2.24) is 4.98 Å². The molecule has 0 radical (unpaired) electrons. The van der Waals surface area contributed by atoms with Gasteiger partial charge in [-0.25, -0.2) is 0 Å². The Balaban J connectivity index is 1.88. The summed E-state index contributed by atoms with van der Waals surface area (Å²) in [4.78, 5) is 14.8. The van der Waals surface area contributed by atoms with Gasteiger partial charge in [-0.3, -0.25) is 9.78 Å². The van der Waals surface area contributed by atoms with Gasteiger partial charge in [-0.2, -0.15) is 0 Å². The second kappa shape index (κ2) is 5.67. The molecule has 1 aromatic heterocycles. The summed E-state index contributed by atoms with van der Waals surface area (Å²) in [6.07, 6.45) is 5.44. The first-order chi connectivity index (χ1) is 9.74. The number of nitrogens with one attached hydrogen (secondary N) is 1. The Kier molecular flexibility index (Phi) is 3.74. The van der Waals surface area contributed by atoms with E-state index in [9.17, 15) is 4.79 Å². The molecule has 2 aromatic rings. The molecule has 0 amide bonds. The zero-order valence-corrected chi connectivity index (χ0v) is 11.5. The van der Waals surface area contributed by atoms with Crippen LogP contribution in [0.15, 0.2) is 35.1 Å². The molecule has 3 N–H and O–H groups in total. The third-order valence-electron chi connectivity index (χ3n) is 4.01. The molecule has 0 spiro atoms. The van der Waals surface area contributed by atoms with Crippen molar-refractivity contribution in [3.8, 4) is 5.88 Å². The van der Waals surface area contributed by atoms with E-state index in [4.69, 9.17) is 10.5 Å². The number of aromatic nitrogens is 1.